The Balaban J connectivity index is 2.22. The van der Waals surface area contributed by atoms with Gasteiger partial charge < -0.3 is 40.3 Å². The number of allylic oxidation sites excluding steroid dienone is 2. The zero-order valence-corrected chi connectivity index (χ0v) is 42.1. The summed E-state index contributed by atoms with van der Waals surface area (Å²) in [5, 5.41) is 54.6. The molecule has 0 saturated carbocycles. The average Bonchev–Trinajstić information content (AvgIpc) is 3.29. The van der Waals surface area contributed by atoms with Gasteiger partial charge in [-0.05, 0) is 38.5 Å². The van der Waals surface area contributed by atoms with Crippen molar-refractivity contribution in [3.05, 3.63) is 12.2 Å². The van der Waals surface area contributed by atoms with E-state index in [1.165, 1.54) is 212 Å². The number of carbonyl (C=O) groups excluding carboxylic acids is 1. The summed E-state index contributed by atoms with van der Waals surface area (Å²) >= 11 is 0. The molecule has 1 aliphatic rings. The lowest BCUT2D eigenvalue weighted by Crippen LogP contribution is -2.60. The summed E-state index contributed by atoms with van der Waals surface area (Å²) in [6.07, 6.45) is 48.0. The molecule has 1 fully saturated rings. The number of ether oxygens (including phenoxy) is 2. The zero-order valence-electron chi connectivity index (χ0n) is 42.1. The second-order valence-electron chi connectivity index (χ2n) is 19.7. The molecule has 1 heterocycles. The van der Waals surface area contributed by atoms with Crippen LogP contribution in [0.15, 0.2) is 12.2 Å². The maximum Gasteiger partial charge on any atom is 0.220 e. The van der Waals surface area contributed by atoms with Gasteiger partial charge >= 0.3 is 0 Å². The van der Waals surface area contributed by atoms with Crippen molar-refractivity contribution in [3.63, 3.8) is 0 Å². The Morgan fingerprint density at radius 3 is 1.27 bits per heavy atom. The van der Waals surface area contributed by atoms with E-state index in [-0.39, 0.29) is 12.5 Å². The third kappa shape index (κ3) is 35.1. The van der Waals surface area contributed by atoms with E-state index in [9.17, 15) is 30.3 Å². The lowest BCUT2D eigenvalue weighted by atomic mass is 9.99. The first kappa shape index (κ1) is 60.9. The van der Waals surface area contributed by atoms with Crippen LogP contribution in [0.2, 0.25) is 0 Å². The maximum absolute atomic E-state index is 13.0. The van der Waals surface area contributed by atoms with E-state index in [0.717, 1.165) is 38.5 Å². The molecule has 380 valence electrons. The van der Waals surface area contributed by atoms with Crippen molar-refractivity contribution >= 4 is 5.91 Å². The van der Waals surface area contributed by atoms with E-state index in [1.807, 2.05) is 0 Å². The SMILES string of the molecule is CCCCCCCCCC/C=C\CCCCCCCCCC(=O)NC(COC1OC(CO)C(O)C(O)C1O)C(O)CCCCCCCCCCCCCCCCCCCCCCCC. The third-order valence-corrected chi connectivity index (χ3v) is 13.6. The summed E-state index contributed by atoms with van der Waals surface area (Å²) in [4.78, 5) is 13.0. The number of amides is 1. The van der Waals surface area contributed by atoms with Crippen molar-refractivity contribution in [2.24, 2.45) is 0 Å². The Kier molecular flexibility index (Phi) is 43.5. The second-order valence-corrected chi connectivity index (χ2v) is 19.7. The number of hydrogen-bond donors (Lipinski definition) is 6. The van der Waals surface area contributed by atoms with Gasteiger partial charge in [0, 0.05) is 6.42 Å². The van der Waals surface area contributed by atoms with E-state index in [0.29, 0.717) is 12.8 Å². The maximum atomic E-state index is 13.0. The van der Waals surface area contributed by atoms with Crippen molar-refractivity contribution in [1.82, 2.24) is 5.32 Å². The predicted octanol–water partition coefficient (Wildman–Crippen LogP) is 13.2. The summed E-state index contributed by atoms with van der Waals surface area (Å²) in [5.74, 6) is -0.144. The number of carbonyl (C=O) groups is 1. The molecule has 0 aromatic rings. The smallest absolute Gasteiger partial charge is 0.220 e. The molecule has 6 N–H and O–H groups in total. The first-order valence-electron chi connectivity index (χ1n) is 27.9. The van der Waals surface area contributed by atoms with Crippen LogP contribution in [0.3, 0.4) is 0 Å². The van der Waals surface area contributed by atoms with Gasteiger partial charge in [0.15, 0.2) is 6.29 Å². The fraction of sp³-hybridized carbons (Fsp3) is 0.945. The van der Waals surface area contributed by atoms with Crippen LogP contribution >= 0.6 is 0 Å². The molecule has 0 radical (unpaired) electrons. The van der Waals surface area contributed by atoms with Crippen molar-refractivity contribution in [1.29, 1.82) is 0 Å². The molecular weight excluding hydrogens is 803 g/mol. The van der Waals surface area contributed by atoms with Crippen LogP contribution in [0.4, 0.5) is 0 Å². The first-order chi connectivity index (χ1) is 31.3. The Morgan fingerprint density at radius 1 is 0.516 bits per heavy atom. The van der Waals surface area contributed by atoms with E-state index in [2.05, 4.69) is 31.3 Å². The molecule has 1 aliphatic heterocycles. The molecule has 0 spiro atoms. The third-order valence-electron chi connectivity index (χ3n) is 13.6. The quantitative estimate of drug-likeness (QED) is 0.0261. The molecular formula is C55H107NO8. The van der Waals surface area contributed by atoms with Crippen LogP contribution in [-0.2, 0) is 14.3 Å². The summed E-state index contributed by atoms with van der Waals surface area (Å²) in [7, 11) is 0. The summed E-state index contributed by atoms with van der Waals surface area (Å²) in [6, 6.07) is -0.718. The molecule has 0 bridgehead atoms. The molecule has 0 aliphatic carbocycles. The minimum absolute atomic E-state index is 0.136. The van der Waals surface area contributed by atoms with Crippen LogP contribution in [-0.4, -0.2) is 87.5 Å². The summed E-state index contributed by atoms with van der Waals surface area (Å²) in [6.45, 7) is 3.87. The molecule has 0 aromatic heterocycles. The van der Waals surface area contributed by atoms with Gasteiger partial charge in [0.2, 0.25) is 5.91 Å². The summed E-state index contributed by atoms with van der Waals surface area (Å²) in [5.41, 5.74) is 0. The summed E-state index contributed by atoms with van der Waals surface area (Å²) < 4.78 is 11.3. The predicted molar refractivity (Wildman–Crippen MR) is 267 cm³/mol. The van der Waals surface area contributed by atoms with E-state index in [4.69, 9.17) is 9.47 Å². The van der Waals surface area contributed by atoms with E-state index in [1.54, 1.807) is 0 Å². The lowest BCUT2D eigenvalue weighted by molar-refractivity contribution is -0.302. The number of rotatable bonds is 48. The number of aliphatic hydroxyl groups excluding tert-OH is 5. The molecule has 0 aromatic carbocycles. The van der Waals surface area contributed by atoms with Gasteiger partial charge in [-0.1, -0.05) is 244 Å². The molecule has 64 heavy (non-hydrogen) atoms. The normalized spacial score (nSPS) is 20.0. The van der Waals surface area contributed by atoms with E-state index < -0.39 is 49.5 Å². The van der Waals surface area contributed by atoms with Gasteiger partial charge in [-0.15, -0.1) is 0 Å². The Bertz CT molecular complexity index is 1010. The van der Waals surface area contributed by atoms with Gasteiger partial charge in [0.05, 0.1) is 25.4 Å². The molecule has 7 atom stereocenters. The average molecular weight is 910 g/mol. The molecule has 1 saturated heterocycles. The number of hydrogen-bond acceptors (Lipinski definition) is 8. The van der Waals surface area contributed by atoms with Crippen molar-refractivity contribution < 1.29 is 39.8 Å². The topological polar surface area (TPSA) is 149 Å². The van der Waals surface area contributed by atoms with Gasteiger partial charge in [-0.3, -0.25) is 4.79 Å². The minimum Gasteiger partial charge on any atom is -0.394 e. The number of aliphatic hydroxyl groups is 5. The van der Waals surface area contributed by atoms with Crippen LogP contribution in [0.1, 0.15) is 277 Å². The first-order valence-corrected chi connectivity index (χ1v) is 27.9. The van der Waals surface area contributed by atoms with Crippen LogP contribution in [0, 0.1) is 0 Å². The lowest BCUT2D eigenvalue weighted by Gasteiger charge is -2.40. The van der Waals surface area contributed by atoms with Gasteiger partial charge in [0.1, 0.15) is 24.4 Å². The number of unbranched alkanes of at least 4 members (excludes halogenated alkanes) is 36. The van der Waals surface area contributed by atoms with E-state index >= 15 is 0 Å². The second kappa shape index (κ2) is 45.7. The Hall–Kier alpha value is -1.07. The molecule has 9 heteroatoms. The van der Waals surface area contributed by atoms with Crippen LogP contribution in [0.5, 0.6) is 0 Å². The van der Waals surface area contributed by atoms with Crippen molar-refractivity contribution in [3.8, 4) is 0 Å². The highest BCUT2D eigenvalue weighted by Gasteiger charge is 2.44. The van der Waals surface area contributed by atoms with Gasteiger partial charge in [-0.2, -0.15) is 0 Å². The Morgan fingerprint density at radius 2 is 0.875 bits per heavy atom. The van der Waals surface area contributed by atoms with Crippen molar-refractivity contribution in [2.45, 2.75) is 320 Å². The molecule has 1 amide bonds. The number of nitrogens with one attached hydrogen (secondary N) is 1. The fourth-order valence-corrected chi connectivity index (χ4v) is 9.16. The van der Waals surface area contributed by atoms with Crippen molar-refractivity contribution in [2.75, 3.05) is 13.2 Å². The molecule has 7 unspecified atom stereocenters. The highest BCUT2D eigenvalue weighted by atomic mass is 16.7. The van der Waals surface area contributed by atoms with Crippen LogP contribution in [0.25, 0.3) is 0 Å². The molecule has 1 rings (SSSR count). The van der Waals surface area contributed by atoms with Crippen LogP contribution < -0.4 is 5.32 Å². The zero-order chi connectivity index (χ0) is 46.6. The minimum atomic E-state index is -1.55. The van der Waals surface area contributed by atoms with Gasteiger partial charge in [-0.25, -0.2) is 0 Å². The highest BCUT2D eigenvalue weighted by Crippen LogP contribution is 2.23. The standard InChI is InChI=1S/C55H107NO8/c1-3-5-7-9-11-13-15-17-19-21-23-24-25-27-28-30-32-34-36-38-40-42-44-49(58)48(47-63-55-54(62)53(61)52(60)50(46-57)64-55)56-51(59)45-43-41-39-37-35-33-31-29-26-22-20-18-16-14-12-10-8-6-4-2/h22,26,48-50,52-55,57-58,60-62H,3-21,23-25,27-47H2,1-2H3,(H,56,59)/b26-22-. The molecule has 9 nitrogen and oxygen atoms in total. The fourth-order valence-electron chi connectivity index (χ4n) is 9.16. The monoisotopic (exact) mass is 910 g/mol. The largest absolute Gasteiger partial charge is 0.394 e. The highest BCUT2D eigenvalue weighted by molar-refractivity contribution is 5.76. The van der Waals surface area contributed by atoms with Gasteiger partial charge in [0.25, 0.3) is 0 Å². The Labute approximate surface area is 395 Å².